The first-order valence-electron chi connectivity index (χ1n) is 16.4. The molecule has 0 heterocycles. The third kappa shape index (κ3) is 5.46. The smallest absolute Gasteiger partial charge is 0.00139 e. The molecule has 0 radical (unpaired) electrons. The van der Waals surface area contributed by atoms with E-state index >= 15 is 0 Å². The predicted octanol–water partition coefficient (Wildman–Crippen LogP) is 12.1. The third-order valence-electron chi connectivity index (χ3n) is 9.90. The van der Waals surface area contributed by atoms with Gasteiger partial charge in [-0.15, -0.1) is 0 Å². The lowest BCUT2D eigenvalue weighted by Crippen LogP contribution is -2.10. The number of hydrogen-bond donors (Lipinski definition) is 0. The van der Waals surface area contributed by atoms with Crippen molar-refractivity contribution in [2.24, 2.45) is 0 Å². The molecule has 0 saturated heterocycles. The van der Waals surface area contributed by atoms with Crippen LogP contribution in [0, 0.1) is 0 Å². The van der Waals surface area contributed by atoms with Crippen LogP contribution in [0.15, 0.2) is 96.1 Å². The molecule has 4 aromatic carbocycles. The van der Waals surface area contributed by atoms with Crippen LogP contribution in [0.1, 0.15) is 108 Å². The van der Waals surface area contributed by atoms with Crippen LogP contribution in [0.4, 0.5) is 0 Å². The summed E-state index contributed by atoms with van der Waals surface area (Å²) in [7, 11) is 0. The van der Waals surface area contributed by atoms with Crippen LogP contribution in [0.5, 0.6) is 0 Å². The summed E-state index contributed by atoms with van der Waals surface area (Å²) in [6, 6.07) is 32.7. The Morgan fingerprint density at radius 3 is 1.19 bits per heavy atom. The summed E-state index contributed by atoms with van der Waals surface area (Å²) in [5, 5.41) is 0. The average molecular weight is 565 g/mol. The van der Waals surface area contributed by atoms with E-state index in [4.69, 9.17) is 0 Å². The molecule has 0 N–H and O–H groups in total. The van der Waals surface area contributed by atoms with Gasteiger partial charge in [-0.2, -0.15) is 0 Å². The monoisotopic (exact) mass is 564 g/mol. The lowest BCUT2D eigenvalue weighted by atomic mass is 9.83. The van der Waals surface area contributed by atoms with Crippen molar-refractivity contribution in [3.63, 3.8) is 0 Å². The zero-order chi connectivity index (χ0) is 30.5. The Bertz CT molecular complexity index is 1590. The van der Waals surface area contributed by atoms with Crippen LogP contribution in [0.2, 0.25) is 0 Å². The molecule has 0 aromatic heterocycles. The van der Waals surface area contributed by atoms with E-state index in [1.807, 2.05) is 0 Å². The van der Waals surface area contributed by atoms with Crippen LogP contribution < -0.4 is 0 Å². The number of rotatable bonds is 6. The Morgan fingerprint density at radius 1 is 0.488 bits per heavy atom. The normalized spacial score (nSPS) is 14.9. The highest BCUT2D eigenvalue weighted by Gasteiger charge is 2.30. The van der Waals surface area contributed by atoms with Gasteiger partial charge in [-0.05, 0) is 110 Å². The Balaban J connectivity index is 1.44. The van der Waals surface area contributed by atoms with Gasteiger partial charge < -0.3 is 0 Å². The fraction of sp³-hybridized carbons (Fsp3) is 0.349. The molecule has 0 atom stereocenters. The maximum atomic E-state index is 2.37. The van der Waals surface area contributed by atoms with Crippen molar-refractivity contribution in [2.75, 3.05) is 0 Å². The quantitative estimate of drug-likeness (QED) is 0.218. The summed E-state index contributed by atoms with van der Waals surface area (Å²) in [5.74, 6) is 0. The molecule has 43 heavy (non-hydrogen) atoms. The fourth-order valence-corrected chi connectivity index (χ4v) is 7.30. The van der Waals surface area contributed by atoms with E-state index in [2.05, 4.69) is 140 Å². The highest BCUT2D eigenvalue weighted by Crippen LogP contribution is 2.49. The molecule has 2 aliphatic rings. The van der Waals surface area contributed by atoms with Crippen molar-refractivity contribution < 1.29 is 0 Å². The number of benzene rings is 4. The molecule has 0 spiro atoms. The second-order valence-corrected chi connectivity index (χ2v) is 14.7. The molecule has 0 saturated carbocycles. The van der Waals surface area contributed by atoms with Gasteiger partial charge in [0.25, 0.3) is 0 Å². The van der Waals surface area contributed by atoms with E-state index < -0.39 is 0 Å². The molecular weight excluding hydrogens is 516 g/mol. The molecule has 0 fully saturated rings. The zero-order valence-electron chi connectivity index (χ0n) is 27.6. The highest BCUT2D eigenvalue weighted by atomic mass is 14.3. The number of fused-ring (bicyclic) bond motifs is 2. The van der Waals surface area contributed by atoms with Crippen molar-refractivity contribution in [2.45, 2.75) is 98.3 Å². The van der Waals surface area contributed by atoms with Gasteiger partial charge in [0.15, 0.2) is 0 Å². The Labute approximate surface area is 260 Å². The van der Waals surface area contributed by atoms with Crippen molar-refractivity contribution in [1.82, 2.24) is 0 Å². The average Bonchev–Trinajstić information content (AvgIpc) is 3.54. The summed E-state index contributed by atoms with van der Waals surface area (Å²) in [6.07, 6.45) is 5.37. The number of hydrogen-bond acceptors (Lipinski definition) is 0. The molecule has 0 nitrogen and oxygen atoms in total. The first kappa shape index (κ1) is 29.4. The molecular formula is C43H48. The van der Waals surface area contributed by atoms with E-state index in [0.717, 1.165) is 32.1 Å². The van der Waals surface area contributed by atoms with E-state index in [-0.39, 0.29) is 10.8 Å². The second-order valence-electron chi connectivity index (χ2n) is 14.7. The minimum atomic E-state index is 0.154. The Hall–Kier alpha value is -3.64. The van der Waals surface area contributed by atoms with Crippen LogP contribution in [-0.2, 0) is 23.7 Å². The van der Waals surface area contributed by atoms with Gasteiger partial charge in [-0.1, -0.05) is 151 Å². The van der Waals surface area contributed by atoms with Gasteiger partial charge in [0, 0.05) is 0 Å². The minimum Gasteiger partial charge on any atom is -0.0619 e. The lowest BCUT2D eigenvalue weighted by molar-refractivity contribution is 0.590. The van der Waals surface area contributed by atoms with Crippen LogP contribution in [0.25, 0.3) is 33.4 Å². The third-order valence-corrected chi connectivity index (χ3v) is 9.90. The first-order valence-corrected chi connectivity index (χ1v) is 16.4. The molecule has 0 unspecified atom stereocenters. The maximum absolute atomic E-state index is 2.37. The minimum absolute atomic E-state index is 0.154. The van der Waals surface area contributed by atoms with E-state index in [0.29, 0.717) is 0 Å². The van der Waals surface area contributed by atoms with Gasteiger partial charge >= 0.3 is 0 Å². The fourth-order valence-electron chi connectivity index (χ4n) is 7.30. The molecule has 0 aliphatic heterocycles. The maximum Gasteiger partial charge on any atom is -0.00139 e. The summed E-state index contributed by atoms with van der Waals surface area (Å²) in [5.41, 5.74) is 20.8. The van der Waals surface area contributed by atoms with E-state index in [1.165, 1.54) is 55.6 Å². The number of allylic oxidation sites excluding steroid dienone is 4. The van der Waals surface area contributed by atoms with Crippen LogP contribution >= 0.6 is 0 Å². The van der Waals surface area contributed by atoms with Gasteiger partial charge in [-0.25, -0.2) is 0 Å². The predicted molar refractivity (Wildman–Crippen MR) is 188 cm³/mol. The standard InChI is InChI=1S/C43H48/c1-9-28-25-32-13-11-15-36(30-17-21-34(22-18-30)42(3,4)5)40(32)38(28)27-39-29(10-2)26-33-14-12-16-37(41(33)39)31-19-23-35(24-20-31)43(6,7)8/h11-24H,9-10,25-27H2,1-8H3. The van der Waals surface area contributed by atoms with Crippen molar-refractivity contribution >= 4 is 11.1 Å². The molecule has 0 amide bonds. The topological polar surface area (TPSA) is 0 Å². The summed E-state index contributed by atoms with van der Waals surface area (Å²) in [6.45, 7) is 18.5. The van der Waals surface area contributed by atoms with Crippen LogP contribution in [0.3, 0.4) is 0 Å². The first-order chi connectivity index (χ1) is 20.5. The lowest BCUT2D eigenvalue weighted by Gasteiger charge is -2.21. The second kappa shape index (κ2) is 11.1. The van der Waals surface area contributed by atoms with Crippen LogP contribution in [-0.4, -0.2) is 0 Å². The summed E-state index contributed by atoms with van der Waals surface area (Å²) in [4.78, 5) is 0. The highest BCUT2D eigenvalue weighted by molar-refractivity contribution is 5.96. The zero-order valence-corrected chi connectivity index (χ0v) is 27.6. The van der Waals surface area contributed by atoms with Gasteiger partial charge in [0.1, 0.15) is 0 Å². The van der Waals surface area contributed by atoms with Crippen molar-refractivity contribution in [3.8, 4) is 22.3 Å². The largest absolute Gasteiger partial charge is 0.0619 e. The molecule has 4 aromatic rings. The van der Waals surface area contributed by atoms with Crippen molar-refractivity contribution in [1.29, 1.82) is 0 Å². The molecule has 0 bridgehead atoms. The van der Waals surface area contributed by atoms with E-state index in [1.54, 1.807) is 22.3 Å². The summed E-state index contributed by atoms with van der Waals surface area (Å²) >= 11 is 0. The van der Waals surface area contributed by atoms with E-state index in [9.17, 15) is 0 Å². The van der Waals surface area contributed by atoms with Gasteiger partial charge in [0.2, 0.25) is 0 Å². The Kier molecular flexibility index (Phi) is 7.62. The van der Waals surface area contributed by atoms with Gasteiger partial charge in [0.05, 0.1) is 0 Å². The van der Waals surface area contributed by atoms with Gasteiger partial charge in [-0.3, -0.25) is 0 Å². The molecule has 2 aliphatic carbocycles. The summed E-state index contributed by atoms with van der Waals surface area (Å²) < 4.78 is 0. The molecule has 220 valence electrons. The molecule has 0 heteroatoms. The SMILES string of the molecule is CCC1=C(CC2=C(CC)Cc3cccc(-c4ccc(C(C)(C)C)cc4)c32)c2c(cccc2-c2ccc(C(C)(C)C)cc2)C1. The van der Waals surface area contributed by atoms with Crippen molar-refractivity contribution in [3.05, 3.63) is 129 Å². The Morgan fingerprint density at radius 2 is 0.860 bits per heavy atom. The molecule has 6 rings (SSSR count).